The van der Waals surface area contributed by atoms with Gasteiger partial charge in [-0.15, -0.1) is 0 Å². The largest absolute Gasteiger partial charge is 0.478 e. The average molecular weight is 358 g/mol. The van der Waals surface area contributed by atoms with Crippen LogP contribution in [0, 0.1) is 0 Å². The summed E-state index contributed by atoms with van der Waals surface area (Å²) in [7, 11) is -7.46. The lowest BCUT2D eigenvalue weighted by Crippen LogP contribution is -2.16. The molecule has 0 atom stereocenters. The number of benzene rings is 2. The number of nitrogens with two attached hydrogens (primary N) is 2. The number of sulfonamides is 2. The maximum atomic E-state index is 10.9. The van der Waals surface area contributed by atoms with Crippen molar-refractivity contribution in [2.75, 3.05) is 0 Å². The molecule has 0 amide bonds. The molecule has 0 saturated carbocycles. The van der Waals surface area contributed by atoms with Gasteiger partial charge in [0.2, 0.25) is 20.0 Å². The first-order valence-corrected chi connectivity index (χ1v) is 9.05. The summed E-state index contributed by atoms with van der Waals surface area (Å²) in [5.74, 6) is -1.32. The molecule has 0 radical (unpaired) electrons. The van der Waals surface area contributed by atoms with Crippen LogP contribution in [0.2, 0.25) is 0 Å². The minimum absolute atomic E-state index is 0.148. The van der Waals surface area contributed by atoms with Crippen LogP contribution < -0.4 is 10.3 Å². The Kier molecular flexibility index (Phi) is 5.98. The van der Waals surface area contributed by atoms with Crippen molar-refractivity contribution in [3.05, 3.63) is 60.2 Å². The minimum atomic E-state index is -3.96. The van der Waals surface area contributed by atoms with Gasteiger partial charge in [0.1, 0.15) is 0 Å². The molecule has 8 nitrogen and oxygen atoms in total. The highest BCUT2D eigenvalue weighted by atomic mass is 32.2. The summed E-state index contributed by atoms with van der Waals surface area (Å²) in [5, 5.41) is 18.2. The van der Waals surface area contributed by atoms with Crippen molar-refractivity contribution < 1.29 is 26.7 Å². The predicted molar refractivity (Wildman–Crippen MR) is 82.6 cm³/mol. The first kappa shape index (κ1) is 18.8. The van der Waals surface area contributed by atoms with Crippen molar-refractivity contribution in [3.8, 4) is 0 Å². The second kappa shape index (κ2) is 7.33. The van der Waals surface area contributed by atoms with Gasteiger partial charge in [-0.2, -0.15) is 0 Å². The Bertz CT molecular complexity index is 893. The number of carboxylic acid groups (broad SMARTS) is 1. The molecule has 0 saturated heterocycles. The second-order valence-corrected chi connectivity index (χ2v) is 7.30. The van der Waals surface area contributed by atoms with E-state index in [1.165, 1.54) is 30.3 Å². The van der Waals surface area contributed by atoms with E-state index in [-0.39, 0.29) is 15.4 Å². The van der Waals surface area contributed by atoms with Crippen LogP contribution in [0.5, 0.6) is 0 Å². The zero-order chi connectivity index (χ0) is 17.7. The van der Waals surface area contributed by atoms with Gasteiger partial charge in [-0.3, -0.25) is 0 Å². The lowest BCUT2D eigenvalue weighted by atomic mass is 10.2. The summed E-state index contributed by atoms with van der Waals surface area (Å²) >= 11 is 0. The van der Waals surface area contributed by atoms with E-state index in [2.05, 4.69) is 0 Å². The first-order chi connectivity index (χ1) is 10.5. The van der Waals surface area contributed by atoms with Crippen molar-refractivity contribution in [1.29, 1.82) is 0 Å². The van der Waals surface area contributed by atoms with Gasteiger partial charge in [0.15, 0.2) is 0 Å². The lowest BCUT2D eigenvalue weighted by molar-refractivity contribution is 0.0692. The fourth-order valence-corrected chi connectivity index (χ4v) is 2.77. The molecule has 0 spiro atoms. The van der Waals surface area contributed by atoms with Gasteiger partial charge in [-0.25, -0.2) is 31.9 Å². The molecule has 0 aliphatic rings. The molecule has 0 unspecified atom stereocenters. The minimum Gasteiger partial charge on any atom is -0.478 e. The molecule has 0 bridgehead atoms. The summed E-state index contributed by atoms with van der Waals surface area (Å²) in [6.45, 7) is 0. The van der Waals surface area contributed by atoms with Crippen LogP contribution in [0.3, 0.4) is 0 Å². The van der Waals surface area contributed by atoms with Crippen LogP contribution in [-0.4, -0.2) is 27.9 Å². The molecule has 0 fully saturated rings. The molecule has 124 valence electrons. The molecule has 10 heteroatoms. The normalized spacial score (nSPS) is 11.2. The zero-order valence-corrected chi connectivity index (χ0v) is 13.3. The lowest BCUT2D eigenvalue weighted by Gasteiger charge is -2.01. The van der Waals surface area contributed by atoms with Crippen molar-refractivity contribution in [1.82, 2.24) is 0 Å². The maximum Gasteiger partial charge on any atom is 0.337 e. The van der Waals surface area contributed by atoms with E-state index in [4.69, 9.17) is 15.4 Å². The Labute approximate surface area is 133 Å². The van der Waals surface area contributed by atoms with Crippen LogP contribution in [-0.2, 0) is 20.0 Å². The van der Waals surface area contributed by atoms with Crippen molar-refractivity contribution in [3.63, 3.8) is 0 Å². The molecular weight excluding hydrogens is 344 g/mol. The maximum absolute atomic E-state index is 10.9. The van der Waals surface area contributed by atoms with Crippen molar-refractivity contribution in [2.45, 2.75) is 9.79 Å². The van der Waals surface area contributed by atoms with E-state index in [0.717, 1.165) is 6.07 Å². The van der Waals surface area contributed by atoms with E-state index < -0.39 is 26.0 Å². The number of primary sulfonamides is 2. The highest BCUT2D eigenvalue weighted by Gasteiger charge is 2.17. The van der Waals surface area contributed by atoms with Gasteiger partial charge >= 0.3 is 5.97 Å². The second-order valence-electron chi connectivity index (χ2n) is 4.20. The molecule has 0 aliphatic heterocycles. The summed E-state index contributed by atoms with van der Waals surface area (Å²) < 4.78 is 43.0. The predicted octanol–water partition coefficient (Wildman–Crippen LogP) is 0.366. The van der Waals surface area contributed by atoms with Crippen LogP contribution in [0.25, 0.3) is 0 Å². The molecule has 5 N–H and O–H groups in total. The Morgan fingerprint density at radius 1 is 0.783 bits per heavy atom. The Hall–Kier alpha value is -2.27. The summed E-state index contributed by atoms with van der Waals surface area (Å²) in [6.07, 6.45) is 0. The van der Waals surface area contributed by atoms with Gasteiger partial charge in [0.05, 0.1) is 15.4 Å². The van der Waals surface area contributed by atoms with Crippen LogP contribution in [0.1, 0.15) is 10.4 Å². The topological polar surface area (TPSA) is 158 Å². The standard InChI is InChI=1S/C7H7NO4S.C6H7NO2S/c8-13(11,12)6-4-2-1-3-5(6)7(9)10;7-10(8,9)6-4-2-1-3-5-6/h1-4H,(H,9,10)(H2,8,11,12);1-5H,(H2,7,8,9). The Morgan fingerprint density at radius 3 is 1.61 bits per heavy atom. The van der Waals surface area contributed by atoms with Crippen molar-refractivity contribution in [2.24, 2.45) is 10.3 Å². The fraction of sp³-hybridized carbons (Fsp3) is 0. The fourth-order valence-electron chi connectivity index (χ4n) is 1.50. The van der Waals surface area contributed by atoms with Crippen LogP contribution in [0.15, 0.2) is 64.4 Å². The highest BCUT2D eigenvalue weighted by Crippen LogP contribution is 2.12. The van der Waals surface area contributed by atoms with E-state index in [1.807, 2.05) is 0 Å². The third-order valence-electron chi connectivity index (χ3n) is 2.50. The third kappa shape index (κ3) is 5.79. The number of aromatic carboxylic acids is 1. The smallest absolute Gasteiger partial charge is 0.337 e. The van der Waals surface area contributed by atoms with E-state index in [9.17, 15) is 21.6 Å². The Morgan fingerprint density at radius 2 is 1.26 bits per heavy atom. The van der Waals surface area contributed by atoms with Gasteiger partial charge in [0, 0.05) is 0 Å². The Balaban J connectivity index is 0.000000238. The molecule has 0 heterocycles. The quantitative estimate of drug-likeness (QED) is 0.719. The van der Waals surface area contributed by atoms with Crippen LogP contribution >= 0.6 is 0 Å². The van der Waals surface area contributed by atoms with Crippen molar-refractivity contribution >= 4 is 26.0 Å². The molecule has 2 aromatic rings. The zero-order valence-electron chi connectivity index (χ0n) is 11.7. The average Bonchev–Trinajstić information content (AvgIpc) is 2.47. The number of carbonyl (C=O) groups is 1. The molecular formula is C13H14N2O6S2. The van der Waals surface area contributed by atoms with E-state index >= 15 is 0 Å². The SMILES string of the molecule is NS(=O)(=O)c1ccccc1.NS(=O)(=O)c1ccccc1C(=O)O. The van der Waals surface area contributed by atoms with Crippen LogP contribution in [0.4, 0.5) is 0 Å². The third-order valence-corrected chi connectivity index (χ3v) is 4.39. The molecule has 2 rings (SSSR count). The first-order valence-electron chi connectivity index (χ1n) is 5.96. The van der Waals surface area contributed by atoms with Gasteiger partial charge < -0.3 is 5.11 Å². The molecule has 23 heavy (non-hydrogen) atoms. The monoisotopic (exact) mass is 358 g/mol. The molecule has 2 aromatic carbocycles. The summed E-state index contributed by atoms with van der Waals surface area (Å²) in [4.78, 5) is 10.3. The van der Waals surface area contributed by atoms with Gasteiger partial charge in [-0.05, 0) is 24.3 Å². The molecule has 0 aliphatic carbocycles. The van der Waals surface area contributed by atoms with Gasteiger partial charge in [0.25, 0.3) is 0 Å². The summed E-state index contributed by atoms with van der Waals surface area (Å²) in [6, 6.07) is 13.1. The number of carboxylic acids is 1. The molecule has 0 aromatic heterocycles. The van der Waals surface area contributed by atoms with E-state index in [0.29, 0.717) is 0 Å². The number of hydrogen-bond donors (Lipinski definition) is 3. The number of rotatable bonds is 3. The summed E-state index contributed by atoms with van der Waals surface area (Å²) in [5.41, 5.74) is -0.315. The number of hydrogen-bond acceptors (Lipinski definition) is 5. The highest BCUT2D eigenvalue weighted by molar-refractivity contribution is 7.89. The van der Waals surface area contributed by atoms with E-state index in [1.54, 1.807) is 18.2 Å². The van der Waals surface area contributed by atoms with Gasteiger partial charge in [-0.1, -0.05) is 30.3 Å².